The standard InChI is InChI=1S/C8H15N5/c1-8(2,3)5-4(9)6(10)13-7(11)12-5/h9H2,1-3H3,(H4,10,11,12,13). The fourth-order valence-electron chi connectivity index (χ4n) is 1.08. The van der Waals surface area contributed by atoms with E-state index in [0.29, 0.717) is 11.4 Å². The average Bonchev–Trinajstić information content (AvgIpc) is 1.94. The first-order chi connectivity index (χ1) is 5.82. The van der Waals surface area contributed by atoms with E-state index >= 15 is 0 Å². The van der Waals surface area contributed by atoms with Crippen LogP contribution >= 0.6 is 0 Å². The fourth-order valence-corrected chi connectivity index (χ4v) is 1.08. The van der Waals surface area contributed by atoms with Crippen LogP contribution in [0.4, 0.5) is 17.5 Å². The highest BCUT2D eigenvalue weighted by molar-refractivity contribution is 5.64. The van der Waals surface area contributed by atoms with Gasteiger partial charge in [0.25, 0.3) is 0 Å². The highest BCUT2D eigenvalue weighted by Crippen LogP contribution is 2.28. The van der Waals surface area contributed by atoms with Gasteiger partial charge in [-0.05, 0) is 0 Å². The lowest BCUT2D eigenvalue weighted by atomic mass is 9.91. The van der Waals surface area contributed by atoms with E-state index in [1.54, 1.807) is 0 Å². The molecule has 1 aromatic heterocycles. The van der Waals surface area contributed by atoms with Crippen molar-refractivity contribution in [2.75, 3.05) is 17.2 Å². The van der Waals surface area contributed by atoms with Crippen molar-refractivity contribution in [3.05, 3.63) is 5.69 Å². The maximum Gasteiger partial charge on any atom is 0.222 e. The van der Waals surface area contributed by atoms with Gasteiger partial charge in [0.1, 0.15) is 0 Å². The second-order valence-electron chi connectivity index (χ2n) is 3.98. The summed E-state index contributed by atoms with van der Waals surface area (Å²) in [5, 5.41) is 0. The quantitative estimate of drug-likeness (QED) is 0.541. The molecule has 0 aliphatic rings. The molecule has 5 nitrogen and oxygen atoms in total. The van der Waals surface area contributed by atoms with Crippen LogP contribution in [-0.2, 0) is 5.41 Å². The van der Waals surface area contributed by atoms with Crippen molar-refractivity contribution in [3.63, 3.8) is 0 Å². The van der Waals surface area contributed by atoms with Crippen molar-refractivity contribution >= 4 is 17.5 Å². The Balaban J connectivity index is 3.37. The molecule has 1 heterocycles. The smallest absolute Gasteiger partial charge is 0.222 e. The predicted molar refractivity (Wildman–Crippen MR) is 54.0 cm³/mol. The zero-order valence-electron chi connectivity index (χ0n) is 8.13. The summed E-state index contributed by atoms with van der Waals surface area (Å²) in [5.74, 6) is 0.411. The van der Waals surface area contributed by atoms with Crippen molar-refractivity contribution in [1.82, 2.24) is 9.97 Å². The number of anilines is 3. The largest absolute Gasteiger partial charge is 0.394 e. The van der Waals surface area contributed by atoms with Crippen molar-refractivity contribution < 1.29 is 0 Å². The van der Waals surface area contributed by atoms with Gasteiger partial charge in [-0.1, -0.05) is 20.8 Å². The van der Waals surface area contributed by atoms with Gasteiger partial charge in [-0.2, -0.15) is 4.98 Å². The van der Waals surface area contributed by atoms with Gasteiger partial charge in [0, 0.05) is 5.41 Å². The van der Waals surface area contributed by atoms with Crippen molar-refractivity contribution in [3.8, 4) is 0 Å². The molecule has 0 amide bonds. The monoisotopic (exact) mass is 181 g/mol. The van der Waals surface area contributed by atoms with E-state index in [4.69, 9.17) is 17.2 Å². The Morgan fingerprint density at radius 1 is 1.00 bits per heavy atom. The van der Waals surface area contributed by atoms with Gasteiger partial charge in [0.2, 0.25) is 5.95 Å². The molecule has 0 aliphatic carbocycles. The van der Waals surface area contributed by atoms with Crippen LogP contribution in [0.1, 0.15) is 26.5 Å². The van der Waals surface area contributed by atoms with Crippen LogP contribution in [0.15, 0.2) is 0 Å². The molecule has 5 heteroatoms. The molecule has 0 radical (unpaired) electrons. The normalized spacial score (nSPS) is 11.6. The van der Waals surface area contributed by atoms with E-state index in [9.17, 15) is 0 Å². The Labute approximate surface area is 77.4 Å². The van der Waals surface area contributed by atoms with Gasteiger partial charge < -0.3 is 17.2 Å². The second kappa shape index (κ2) is 2.76. The fraction of sp³-hybridized carbons (Fsp3) is 0.500. The Morgan fingerprint density at radius 2 is 1.54 bits per heavy atom. The summed E-state index contributed by atoms with van der Waals surface area (Å²) in [6, 6.07) is 0. The molecule has 0 bridgehead atoms. The number of nitrogens with zero attached hydrogens (tertiary/aromatic N) is 2. The molecular weight excluding hydrogens is 166 g/mol. The third-order valence-corrected chi connectivity index (χ3v) is 1.70. The van der Waals surface area contributed by atoms with Crippen LogP contribution in [0.25, 0.3) is 0 Å². The Bertz CT molecular complexity index is 326. The van der Waals surface area contributed by atoms with Gasteiger partial charge in [0.05, 0.1) is 11.4 Å². The van der Waals surface area contributed by atoms with E-state index < -0.39 is 0 Å². The maximum atomic E-state index is 5.73. The zero-order chi connectivity index (χ0) is 10.2. The van der Waals surface area contributed by atoms with Crippen molar-refractivity contribution in [2.24, 2.45) is 0 Å². The third-order valence-electron chi connectivity index (χ3n) is 1.70. The average molecular weight is 181 g/mol. The minimum Gasteiger partial charge on any atom is -0.394 e. The van der Waals surface area contributed by atoms with Crippen LogP contribution in [0.5, 0.6) is 0 Å². The van der Waals surface area contributed by atoms with Gasteiger partial charge in [0.15, 0.2) is 5.82 Å². The molecule has 0 saturated heterocycles. The topological polar surface area (TPSA) is 104 Å². The lowest BCUT2D eigenvalue weighted by Crippen LogP contribution is -2.19. The molecule has 0 saturated carbocycles. The lowest BCUT2D eigenvalue weighted by molar-refractivity contribution is 0.571. The van der Waals surface area contributed by atoms with E-state index in [0.717, 1.165) is 0 Å². The van der Waals surface area contributed by atoms with Crippen LogP contribution in [0, 0.1) is 0 Å². The summed E-state index contributed by atoms with van der Waals surface area (Å²) < 4.78 is 0. The summed E-state index contributed by atoms with van der Waals surface area (Å²) in [6.07, 6.45) is 0. The maximum absolute atomic E-state index is 5.73. The number of aromatic nitrogens is 2. The zero-order valence-corrected chi connectivity index (χ0v) is 8.13. The molecule has 0 fully saturated rings. The molecular formula is C8H15N5. The first kappa shape index (κ1) is 9.57. The minimum atomic E-state index is -0.171. The van der Waals surface area contributed by atoms with Gasteiger partial charge in [-0.3, -0.25) is 0 Å². The van der Waals surface area contributed by atoms with E-state index in [1.807, 2.05) is 20.8 Å². The van der Waals surface area contributed by atoms with Gasteiger partial charge in [-0.25, -0.2) is 4.98 Å². The van der Waals surface area contributed by atoms with Crippen molar-refractivity contribution in [1.29, 1.82) is 0 Å². The second-order valence-corrected chi connectivity index (χ2v) is 3.98. The molecule has 1 aromatic rings. The minimum absolute atomic E-state index is 0.164. The predicted octanol–water partition coefficient (Wildman–Crippen LogP) is 0.521. The van der Waals surface area contributed by atoms with E-state index in [-0.39, 0.29) is 17.2 Å². The number of nitrogen functional groups attached to an aromatic ring is 3. The highest BCUT2D eigenvalue weighted by Gasteiger charge is 2.21. The number of hydrogen-bond donors (Lipinski definition) is 3. The summed E-state index contributed by atoms with van der Waals surface area (Å²) >= 11 is 0. The Morgan fingerprint density at radius 3 is 2.00 bits per heavy atom. The van der Waals surface area contributed by atoms with Crippen LogP contribution in [-0.4, -0.2) is 9.97 Å². The lowest BCUT2D eigenvalue weighted by Gasteiger charge is -2.20. The first-order valence-electron chi connectivity index (χ1n) is 4.01. The number of hydrogen-bond acceptors (Lipinski definition) is 5. The van der Waals surface area contributed by atoms with Crippen LogP contribution in [0.3, 0.4) is 0 Å². The summed E-state index contributed by atoms with van der Waals surface area (Å²) in [4.78, 5) is 7.83. The SMILES string of the molecule is CC(C)(C)c1nc(N)nc(N)c1N. The highest BCUT2D eigenvalue weighted by atomic mass is 15.1. The number of nitrogens with two attached hydrogens (primary N) is 3. The molecule has 72 valence electrons. The molecule has 0 aliphatic heterocycles. The first-order valence-corrected chi connectivity index (χ1v) is 4.01. The molecule has 0 unspecified atom stereocenters. The molecule has 1 rings (SSSR count). The van der Waals surface area contributed by atoms with Gasteiger partial charge in [-0.15, -0.1) is 0 Å². The molecule has 0 aromatic carbocycles. The van der Waals surface area contributed by atoms with E-state index in [2.05, 4.69) is 9.97 Å². The Kier molecular flexibility index (Phi) is 2.03. The molecule has 13 heavy (non-hydrogen) atoms. The molecule has 6 N–H and O–H groups in total. The van der Waals surface area contributed by atoms with Crippen LogP contribution < -0.4 is 17.2 Å². The Hall–Kier alpha value is -1.52. The van der Waals surface area contributed by atoms with Crippen molar-refractivity contribution in [2.45, 2.75) is 26.2 Å². The molecule has 0 spiro atoms. The van der Waals surface area contributed by atoms with Gasteiger partial charge >= 0.3 is 0 Å². The molecule has 0 atom stereocenters. The summed E-state index contributed by atoms with van der Waals surface area (Å²) in [6.45, 7) is 5.97. The third kappa shape index (κ3) is 1.80. The van der Waals surface area contributed by atoms with Crippen LogP contribution in [0.2, 0.25) is 0 Å². The van der Waals surface area contributed by atoms with E-state index in [1.165, 1.54) is 0 Å². The number of rotatable bonds is 0. The summed E-state index contributed by atoms with van der Waals surface area (Å²) in [5.41, 5.74) is 17.7. The summed E-state index contributed by atoms with van der Waals surface area (Å²) in [7, 11) is 0.